The van der Waals surface area contributed by atoms with Gasteiger partial charge in [-0.2, -0.15) is 9.78 Å². The zero-order chi connectivity index (χ0) is 17.3. The van der Waals surface area contributed by atoms with Crippen molar-refractivity contribution in [2.45, 2.75) is 0 Å². The number of carbonyl (C=O) groups is 1. The van der Waals surface area contributed by atoms with E-state index in [9.17, 15) is 14.7 Å². The lowest BCUT2D eigenvalue weighted by Gasteiger charge is -2.11. The van der Waals surface area contributed by atoms with E-state index in [0.29, 0.717) is 22.6 Å². The van der Waals surface area contributed by atoms with Crippen LogP contribution in [0.15, 0.2) is 47.3 Å². The second-order valence-electron chi connectivity index (χ2n) is 4.99. The highest BCUT2D eigenvalue weighted by molar-refractivity contribution is 6.01. The highest BCUT2D eigenvalue weighted by Crippen LogP contribution is 2.24. The molecule has 122 valence electrons. The topological polar surface area (TPSA) is 90.7 Å². The van der Waals surface area contributed by atoms with E-state index in [1.54, 1.807) is 42.5 Å². The molecule has 2 aromatic carbocycles. The van der Waals surface area contributed by atoms with Gasteiger partial charge in [0, 0.05) is 23.6 Å². The van der Waals surface area contributed by atoms with Crippen LogP contribution >= 0.6 is 0 Å². The van der Waals surface area contributed by atoms with Crippen LogP contribution in [0.1, 0.15) is 10.5 Å². The molecule has 1 heterocycles. The van der Waals surface area contributed by atoms with Crippen LogP contribution in [0.4, 0.5) is 0 Å². The van der Waals surface area contributed by atoms with Crippen LogP contribution in [0, 0.1) is 0 Å². The molecular formula is C17H14N2O5. The van der Waals surface area contributed by atoms with E-state index in [0.717, 1.165) is 4.68 Å². The molecule has 7 nitrogen and oxygen atoms in total. The molecule has 1 aromatic heterocycles. The molecule has 0 saturated heterocycles. The molecule has 0 saturated carbocycles. The molecule has 0 amide bonds. The van der Waals surface area contributed by atoms with E-state index >= 15 is 0 Å². The van der Waals surface area contributed by atoms with Gasteiger partial charge in [0.1, 0.15) is 11.5 Å². The molecule has 1 N–H and O–H groups in total. The Labute approximate surface area is 136 Å². The van der Waals surface area contributed by atoms with Crippen LogP contribution in [0.25, 0.3) is 16.5 Å². The summed E-state index contributed by atoms with van der Waals surface area (Å²) in [6.07, 6.45) is 0. The Morgan fingerprint density at radius 3 is 2.17 bits per heavy atom. The van der Waals surface area contributed by atoms with Gasteiger partial charge in [-0.15, -0.1) is 0 Å². The number of ether oxygens (including phenoxy) is 2. The van der Waals surface area contributed by atoms with Crippen LogP contribution in [-0.2, 0) is 0 Å². The molecule has 0 aliphatic carbocycles. The summed E-state index contributed by atoms with van der Waals surface area (Å²) in [6, 6.07) is 11.3. The van der Waals surface area contributed by atoms with Crippen molar-refractivity contribution in [3.8, 4) is 17.2 Å². The molecule has 24 heavy (non-hydrogen) atoms. The third-order valence-corrected chi connectivity index (χ3v) is 3.59. The summed E-state index contributed by atoms with van der Waals surface area (Å²) in [5, 5.41) is 14.0. The van der Waals surface area contributed by atoms with Crippen molar-refractivity contribution in [1.82, 2.24) is 9.78 Å². The Bertz CT molecular complexity index is 972. The van der Waals surface area contributed by atoms with Crippen LogP contribution in [0.5, 0.6) is 11.5 Å². The highest BCUT2D eigenvalue weighted by Gasteiger charge is 2.17. The number of methoxy groups -OCH3 is 2. The summed E-state index contributed by atoms with van der Waals surface area (Å²) < 4.78 is 11.4. The molecule has 0 spiro atoms. The van der Waals surface area contributed by atoms with Crippen molar-refractivity contribution in [1.29, 1.82) is 0 Å². The first kappa shape index (κ1) is 15.5. The fraction of sp³-hybridized carbons (Fsp3) is 0.118. The van der Waals surface area contributed by atoms with Crippen molar-refractivity contribution >= 4 is 16.7 Å². The number of carboxylic acid groups (broad SMARTS) is 1. The first-order chi connectivity index (χ1) is 11.5. The molecule has 3 aromatic rings. The predicted octanol–water partition coefficient (Wildman–Crippen LogP) is 2.10. The van der Waals surface area contributed by atoms with Gasteiger partial charge in [-0.1, -0.05) is 18.2 Å². The number of hydrogen-bond donors (Lipinski definition) is 1. The van der Waals surface area contributed by atoms with E-state index in [1.807, 2.05) is 0 Å². The zero-order valence-electron chi connectivity index (χ0n) is 13.0. The summed E-state index contributed by atoms with van der Waals surface area (Å²) in [6.45, 7) is 0. The fourth-order valence-corrected chi connectivity index (χ4v) is 2.44. The zero-order valence-corrected chi connectivity index (χ0v) is 13.0. The molecule has 0 aliphatic rings. The van der Waals surface area contributed by atoms with Gasteiger partial charge in [0.2, 0.25) is 0 Å². The summed E-state index contributed by atoms with van der Waals surface area (Å²) in [5.74, 6) is -0.291. The van der Waals surface area contributed by atoms with Crippen LogP contribution < -0.4 is 15.0 Å². The smallest absolute Gasteiger partial charge is 0.357 e. The van der Waals surface area contributed by atoms with Gasteiger partial charge in [-0.05, 0) is 6.07 Å². The number of benzene rings is 2. The second-order valence-corrected chi connectivity index (χ2v) is 4.99. The van der Waals surface area contributed by atoms with Gasteiger partial charge in [-0.25, -0.2) is 4.79 Å². The monoisotopic (exact) mass is 326 g/mol. The average Bonchev–Trinajstić information content (AvgIpc) is 2.61. The third kappa shape index (κ3) is 2.56. The van der Waals surface area contributed by atoms with Crippen molar-refractivity contribution in [3.05, 3.63) is 58.5 Å². The summed E-state index contributed by atoms with van der Waals surface area (Å²) in [5.41, 5.74) is -0.276. The number of fused-ring (bicyclic) bond motifs is 1. The van der Waals surface area contributed by atoms with Crippen molar-refractivity contribution in [3.63, 3.8) is 0 Å². The molecule has 3 rings (SSSR count). The van der Waals surface area contributed by atoms with Crippen molar-refractivity contribution in [2.24, 2.45) is 0 Å². The molecule has 0 bridgehead atoms. The van der Waals surface area contributed by atoms with Gasteiger partial charge in [-0.3, -0.25) is 4.79 Å². The third-order valence-electron chi connectivity index (χ3n) is 3.59. The quantitative estimate of drug-likeness (QED) is 0.789. The number of aromatic nitrogens is 2. The first-order valence-corrected chi connectivity index (χ1v) is 7.04. The van der Waals surface area contributed by atoms with E-state index in [4.69, 9.17) is 9.47 Å². The van der Waals surface area contributed by atoms with Gasteiger partial charge >= 0.3 is 5.97 Å². The predicted molar refractivity (Wildman–Crippen MR) is 87.4 cm³/mol. The molecule has 0 aliphatic heterocycles. The highest BCUT2D eigenvalue weighted by atomic mass is 16.5. The molecule has 0 atom stereocenters. The van der Waals surface area contributed by atoms with Gasteiger partial charge in [0.15, 0.2) is 5.69 Å². The number of aromatic carboxylic acids is 1. The molecule has 0 fully saturated rings. The summed E-state index contributed by atoms with van der Waals surface area (Å²) >= 11 is 0. The maximum atomic E-state index is 12.7. The minimum absolute atomic E-state index is 0.202. The maximum Gasteiger partial charge on any atom is 0.357 e. The number of carboxylic acids is 1. The van der Waals surface area contributed by atoms with Crippen LogP contribution in [-0.4, -0.2) is 35.1 Å². The maximum absolute atomic E-state index is 12.7. The lowest BCUT2D eigenvalue weighted by atomic mass is 10.1. The minimum Gasteiger partial charge on any atom is -0.497 e. The minimum atomic E-state index is -1.21. The molecule has 7 heteroatoms. The van der Waals surface area contributed by atoms with E-state index < -0.39 is 11.5 Å². The van der Waals surface area contributed by atoms with E-state index in [1.165, 1.54) is 14.2 Å². The first-order valence-electron chi connectivity index (χ1n) is 7.04. The van der Waals surface area contributed by atoms with Crippen molar-refractivity contribution < 1.29 is 19.4 Å². The van der Waals surface area contributed by atoms with Gasteiger partial charge in [0.25, 0.3) is 5.56 Å². The lowest BCUT2D eigenvalue weighted by Crippen LogP contribution is -2.24. The second kappa shape index (κ2) is 6.04. The Morgan fingerprint density at radius 1 is 1.04 bits per heavy atom. The van der Waals surface area contributed by atoms with Crippen molar-refractivity contribution in [2.75, 3.05) is 14.2 Å². The van der Waals surface area contributed by atoms with E-state index in [-0.39, 0.29) is 11.1 Å². The SMILES string of the molecule is COc1cc(OC)cc(-n2nc(C(=O)O)c3ccccc3c2=O)c1. The number of nitrogens with zero attached hydrogens (tertiary/aromatic N) is 2. The fourth-order valence-electron chi connectivity index (χ4n) is 2.44. The molecule has 0 unspecified atom stereocenters. The Hall–Kier alpha value is -3.35. The Morgan fingerprint density at radius 2 is 1.62 bits per heavy atom. The van der Waals surface area contributed by atoms with Gasteiger partial charge in [0.05, 0.1) is 25.3 Å². The van der Waals surface area contributed by atoms with Crippen LogP contribution in [0.3, 0.4) is 0 Å². The van der Waals surface area contributed by atoms with E-state index in [2.05, 4.69) is 5.10 Å². The lowest BCUT2D eigenvalue weighted by molar-refractivity contribution is 0.0691. The number of rotatable bonds is 4. The summed E-state index contributed by atoms with van der Waals surface area (Å²) in [7, 11) is 2.97. The Balaban J connectivity index is 2.37. The largest absolute Gasteiger partial charge is 0.497 e. The normalized spacial score (nSPS) is 10.6. The van der Waals surface area contributed by atoms with Gasteiger partial charge < -0.3 is 14.6 Å². The molecule has 0 radical (unpaired) electrons. The standard InChI is InChI=1S/C17H14N2O5/c1-23-11-7-10(8-12(9-11)24-2)19-16(20)14-6-4-3-5-13(14)15(18-19)17(21)22/h3-9H,1-2H3,(H,21,22). The Kier molecular flexibility index (Phi) is 3.91. The van der Waals surface area contributed by atoms with Crippen LogP contribution in [0.2, 0.25) is 0 Å². The average molecular weight is 326 g/mol. The number of hydrogen-bond acceptors (Lipinski definition) is 5. The molecular weight excluding hydrogens is 312 g/mol. The summed E-state index contributed by atoms with van der Waals surface area (Å²) in [4.78, 5) is 24.3.